The van der Waals surface area contributed by atoms with E-state index in [1.54, 1.807) is 11.8 Å². The summed E-state index contributed by atoms with van der Waals surface area (Å²) in [7, 11) is 0. The van der Waals surface area contributed by atoms with Crippen molar-refractivity contribution in [1.29, 1.82) is 0 Å². The molecule has 112 valence electrons. The van der Waals surface area contributed by atoms with Crippen molar-refractivity contribution in [3.8, 4) is 0 Å². The maximum absolute atomic E-state index is 10.9. The monoisotopic (exact) mass is 289 g/mol. The van der Waals surface area contributed by atoms with Crippen LogP contribution in [0.15, 0.2) is 0 Å². The van der Waals surface area contributed by atoms with Crippen molar-refractivity contribution < 1.29 is 15.0 Å². The van der Waals surface area contributed by atoms with E-state index in [0.29, 0.717) is 25.7 Å². The Balaban J connectivity index is 2.20. The van der Waals surface area contributed by atoms with Crippen molar-refractivity contribution in [1.82, 2.24) is 4.90 Å². The lowest BCUT2D eigenvalue weighted by Crippen LogP contribution is -2.38. The number of rotatable bonds is 8. The van der Waals surface area contributed by atoms with Crippen LogP contribution in [0.3, 0.4) is 0 Å². The zero-order chi connectivity index (χ0) is 14.3. The topological polar surface area (TPSA) is 60.8 Å². The fourth-order valence-electron chi connectivity index (χ4n) is 2.54. The Labute approximate surface area is 120 Å². The highest BCUT2D eigenvalue weighted by molar-refractivity contribution is 7.99. The van der Waals surface area contributed by atoms with Crippen LogP contribution in [0.25, 0.3) is 0 Å². The molecule has 0 unspecified atom stereocenters. The van der Waals surface area contributed by atoms with Gasteiger partial charge in [0.05, 0.1) is 11.5 Å². The summed E-state index contributed by atoms with van der Waals surface area (Å²) in [6.45, 7) is 7.53. The van der Waals surface area contributed by atoms with Gasteiger partial charge >= 0.3 is 5.97 Å². The van der Waals surface area contributed by atoms with Gasteiger partial charge in [0.25, 0.3) is 0 Å². The Morgan fingerprint density at radius 1 is 1.32 bits per heavy atom. The first-order valence-corrected chi connectivity index (χ1v) is 8.41. The molecule has 1 aliphatic carbocycles. The molecule has 0 spiro atoms. The number of hydrogen-bond acceptors (Lipinski definition) is 4. The van der Waals surface area contributed by atoms with E-state index in [0.717, 1.165) is 31.1 Å². The van der Waals surface area contributed by atoms with Gasteiger partial charge in [0.15, 0.2) is 0 Å². The number of carboxylic acids is 1. The third-order valence-electron chi connectivity index (χ3n) is 4.08. The van der Waals surface area contributed by atoms with E-state index in [2.05, 4.69) is 18.7 Å². The van der Waals surface area contributed by atoms with Gasteiger partial charge in [-0.3, -0.25) is 4.79 Å². The molecule has 0 saturated heterocycles. The van der Waals surface area contributed by atoms with Crippen LogP contribution in [0, 0.1) is 5.92 Å². The summed E-state index contributed by atoms with van der Waals surface area (Å²) in [5.41, 5.74) is -0.639. The van der Waals surface area contributed by atoms with E-state index < -0.39 is 11.6 Å². The van der Waals surface area contributed by atoms with Gasteiger partial charge in [-0.2, -0.15) is 11.8 Å². The minimum atomic E-state index is -0.712. The van der Waals surface area contributed by atoms with Crippen LogP contribution in [0.5, 0.6) is 0 Å². The zero-order valence-electron chi connectivity index (χ0n) is 12.1. The molecule has 0 aromatic heterocycles. The van der Waals surface area contributed by atoms with Gasteiger partial charge in [0, 0.05) is 18.1 Å². The number of hydrogen-bond donors (Lipinski definition) is 2. The molecule has 1 rings (SSSR count). The largest absolute Gasteiger partial charge is 0.481 e. The fourth-order valence-corrected chi connectivity index (χ4v) is 3.74. The lowest BCUT2D eigenvalue weighted by atomic mass is 9.80. The first kappa shape index (κ1) is 16.8. The Bertz CT molecular complexity index is 274. The molecule has 0 radical (unpaired) electrons. The minimum absolute atomic E-state index is 0.249. The van der Waals surface area contributed by atoms with Gasteiger partial charge in [0.2, 0.25) is 0 Å². The predicted octanol–water partition coefficient (Wildman–Crippen LogP) is 2.07. The van der Waals surface area contributed by atoms with Crippen LogP contribution in [0.1, 0.15) is 39.5 Å². The van der Waals surface area contributed by atoms with Gasteiger partial charge < -0.3 is 15.1 Å². The van der Waals surface area contributed by atoms with Gasteiger partial charge in [-0.25, -0.2) is 0 Å². The van der Waals surface area contributed by atoms with E-state index in [1.807, 2.05) is 0 Å². The standard InChI is InChI=1S/C14H27NO3S/c1-3-15(4-2)9-10-19-11-14(18)7-5-12(6-8-14)13(16)17/h12,18H,3-11H2,1-2H3,(H,16,17). The number of aliphatic hydroxyl groups is 1. The summed E-state index contributed by atoms with van der Waals surface area (Å²) in [5, 5.41) is 19.4. The van der Waals surface area contributed by atoms with Crippen molar-refractivity contribution in [2.45, 2.75) is 45.1 Å². The summed E-state index contributed by atoms with van der Waals surface area (Å²) in [6.07, 6.45) is 2.48. The van der Waals surface area contributed by atoms with Crippen molar-refractivity contribution in [2.75, 3.05) is 31.1 Å². The van der Waals surface area contributed by atoms with E-state index in [1.165, 1.54) is 0 Å². The number of carboxylic acid groups (broad SMARTS) is 1. The maximum Gasteiger partial charge on any atom is 0.306 e. The van der Waals surface area contributed by atoms with E-state index in [4.69, 9.17) is 5.11 Å². The van der Waals surface area contributed by atoms with Crippen LogP contribution < -0.4 is 0 Å². The van der Waals surface area contributed by atoms with Crippen LogP contribution in [0.4, 0.5) is 0 Å². The first-order chi connectivity index (χ1) is 9.00. The molecule has 0 amide bonds. The smallest absolute Gasteiger partial charge is 0.306 e. The van der Waals surface area contributed by atoms with Crippen LogP contribution in [-0.2, 0) is 4.79 Å². The van der Waals surface area contributed by atoms with Crippen molar-refractivity contribution in [3.63, 3.8) is 0 Å². The average molecular weight is 289 g/mol. The molecule has 0 atom stereocenters. The fraction of sp³-hybridized carbons (Fsp3) is 0.929. The lowest BCUT2D eigenvalue weighted by Gasteiger charge is -2.34. The highest BCUT2D eigenvalue weighted by atomic mass is 32.2. The first-order valence-electron chi connectivity index (χ1n) is 7.26. The van der Waals surface area contributed by atoms with Gasteiger partial charge in [-0.1, -0.05) is 13.8 Å². The summed E-state index contributed by atoms with van der Waals surface area (Å²) in [4.78, 5) is 13.2. The molecule has 0 aromatic rings. The molecule has 5 heteroatoms. The van der Waals surface area contributed by atoms with E-state index in [9.17, 15) is 9.90 Å². The van der Waals surface area contributed by atoms with E-state index >= 15 is 0 Å². The van der Waals surface area contributed by atoms with Crippen molar-refractivity contribution in [2.24, 2.45) is 5.92 Å². The predicted molar refractivity (Wildman–Crippen MR) is 79.7 cm³/mol. The summed E-state index contributed by atoms with van der Waals surface area (Å²) < 4.78 is 0. The molecule has 1 aliphatic rings. The molecule has 1 saturated carbocycles. The SMILES string of the molecule is CCN(CC)CCSCC1(O)CCC(C(=O)O)CC1. The normalized spacial score (nSPS) is 27.7. The Hall–Kier alpha value is -0.260. The third kappa shape index (κ3) is 5.71. The van der Waals surface area contributed by atoms with Gasteiger partial charge in [-0.05, 0) is 38.8 Å². The maximum atomic E-state index is 10.9. The van der Waals surface area contributed by atoms with Crippen LogP contribution in [-0.4, -0.2) is 57.8 Å². The molecule has 19 heavy (non-hydrogen) atoms. The zero-order valence-corrected chi connectivity index (χ0v) is 12.9. The second-order valence-electron chi connectivity index (χ2n) is 5.42. The molecular formula is C14H27NO3S. The molecule has 1 fully saturated rings. The second-order valence-corrected chi connectivity index (χ2v) is 6.52. The molecule has 2 N–H and O–H groups in total. The number of aliphatic carboxylic acids is 1. The molecule has 0 heterocycles. The minimum Gasteiger partial charge on any atom is -0.481 e. The summed E-state index contributed by atoms with van der Waals surface area (Å²) in [5.74, 6) is 0.810. The number of carbonyl (C=O) groups is 1. The Morgan fingerprint density at radius 2 is 1.89 bits per heavy atom. The highest BCUT2D eigenvalue weighted by Crippen LogP contribution is 2.34. The summed E-state index contributed by atoms with van der Waals surface area (Å²) >= 11 is 1.79. The number of nitrogens with zero attached hydrogens (tertiary/aromatic N) is 1. The molecular weight excluding hydrogens is 262 g/mol. The molecule has 0 aromatic carbocycles. The van der Waals surface area contributed by atoms with Crippen LogP contribution in [0.2, 0.25) is 0 Å². The molecule has 4 nitrogen and oxygen atoms in total. The van der Waals surface area contributed by atoms with Crippen LogP contribution >= 0.6 is 11.8 Å². The second kappa shape index (κ2) is 8.12. The van der Waals surface area contributed by atoms with Crippen molar-refractivity contribution >= 4 is 17.7 Å². The van der Waals surface area contributed by atoms with E-state index in [-0.39, 0.29) is 5.92 Å². The Morgan fingerprint density at radius 3 is 2.37 bits per heavy atom. The lowest BCUT2D eigenvalue weighted by molar-refractivity contribution is -0.144. The summed E-state index contributed by atoms with van der Waals surface area (Å²) in [6, 6.07) is 0. The number of thioether (sulfide) groups is 1. The van der Waals surface area contributed by atoms with Gasteiger partial charge in [-0.15, -0.1) is 0 Å². The Kier molecular flexibility index (Phi) is 7.18. The third-order valence-corrected chi connectivity index (χ3v) is 5.30. The molecule has 0 aliphatic heterocycles. The average Bonchev–Trinajstić information content (AvgIpc) is 2.39. The quantitative estimate of drug-likeness (QED) is 0.670. The van der Waals surface area contributed by atoms with Gasteiger partial charge in [0.1, 0.15) is 0 Å². The highest BCUT2D eigenvalue weighted by Gasteiger charge is 2.35. The van der Waals surface area contributed by atoms with Crippen molar-refractivity contribution in [3.05, 3.63) is 0 Å². The molecule has 0 bridgehead atoms.